The highest BCUT2D eigenvalue weighted by atomic mass is 32.2. The number of carbonyl (C=O) groups is 1. The summed E-state index contributed by atoms with van der Waals surface area (Å²) in [5.74, 6) is 0.398. The molecule has 27 heavy (non-hydrogen) atoms. The first-order valence-electron chi connectivity index (χ1n) is 9.80. The van der Waals surface area contributed by atoms with Crippen molar-refractivity contribution in [2.24, 2.45) is 5.92 Å². The Bertz CT molecular complexity index is 805. The van der Waals surface area contributed by atoms with E-state index in [9.17, 15) is 17.6 Å². The third-order valence-corrected chi connectivity index (χ3v) is 8.64. The molecule has 0 spiro atoms. The maximum absolute atomic E-state index is 13.5. The van der Waals surface area contributed by atoms with Gasteiger partial charge in [0.05, 0.1) is 16.9 Å². The van der Waals surface area contributed by atoms with Gasteiger partial charge in [0.25, 0.3) is 0 Å². The molecule has 1 aromatic carbocycles. The Morgan fingerprint density at radius 1 is 1.15 bits per heavy atom. The van der Waals surface area contributed by atoms with Crippen LogP contribution >= 0.6 is 0 Å². The number of hydrogen-bond donors (Lipinski definition) is 0. The van der Waals surface area contributed by atoms with Crippen LogP contribution in [0.1, 0.15) is 50.3 Å². The van der Waals surface area contributed by atoms with E-state index in [2.05, 4.69) is 0 Å². The molecule has 150 valence electrons. The molecule has 1 aliphatic heterocycles. The van der Waals surface area contributed by atoms with Crippen LogP contribution in [0, 0.1) is 5.92 Å². The molecule has 0 N–H and O–H groups in total. The van der Waals surface area contributed by atoms with Crippen LogP contribution in [0.25, 0.3) is 0 Å². The van der Waals surface area contributed by atoms with Crippen LogP contribution < -0.4 is 0 Å². The van der Waals surface area contributed by atoms with E-state index in [1.807, 2.05) is 23.1 Å². The number of benzene rings is 1. The second-order valence-electron chi connectivity index (χ2n) is 9.00. The van der Waals surface area contributed by atoms with Crippen molar-refractivity contribution in [3.63, 3.8) is 0 Å². The third-order valence-electron chi connectivity index (χ3n) is 5.86. The van der Waals surface area contributed by atoms with Gasteiger partial charge in [-0.15, -0.1) is 0 Å². The van der Waals surface area contributed by atoms with Crippen LogP contribution in [0.15, 0.2) is 18.2 Å². The second kappa shape index (κ2) is 7.53. The van der Waals surface area contributed by atoms with E-state index in [1.54, 1.807) is 20.8 Å². The Morgan fingerprint density at radius 3 is 2.41 bits per heavy atom. The number of hydrogen-bond acceptors (Lipinski definition) is 3. The predicted molar refractivity (Wildman–Crippen MR) is 105 cm³/mol. The standard InChI is InChI=1S/C21H30FNO3S/c1-21(2,3)27(25,26)14-15-6-8-23(9-7-15)20(24)11-16-4-5-17-12-19(22)13-18(17)10-16/h4-5,10,15,19H,6-9,11-14H2,1-3H3. The lowest BCUT2D eigenvalue weighted by Crippen LogP contribution is -2.42. The quantitative estimate of drug-likeness (QED) is 0.787. The van der Waals surface area contributed by atoms with Crippen molar-refractivity contribution in [2.45, 2.75) is 63.8 Å². The fraction of sp³-hybridized carbons (Fsp3) is 0.667. The molecular weight excluding hydrogens is 365 g/mol. The molecule has 1 amide bonds. The molecule has 0 aromatic heterocycles. The van der Waals surface area contributed by atoms with Crippen LogP contribution in [0.4, 0.5) is 4.39 Å². The summed E-state index contributed by atoms with van der Waals surface area (Å²) in [7, 11) is -3.13. The summed E-state index contributed by atoms with van der Waals surface area (Å²) in [4.78, 5) is 14.5. The van der Waals surface area contributed by atoms with Gasteiger partial charge in [0, 0.05) is 25.9 Å². The molecule has 2 aliphatic rings. The maximum atomic E-state index is 13.5. The van der Waals surface area contributed by atoms with Crippen molar-refractivity contribution < 1.29 is 17.6 Å². The largest absolute Gasteiger partial charge is 0.342 e. The number of carbonyl (C=O) groups excluding carboxylic acids is 1. The number of nitrogens with zero attached hydrogens (tertiary/aromatic N) is 1. The monoisotopic (exact) mass is 395 g/mol. The zero-order valence-corrected chi connectivity index (χ0v) is 17.3. The number of sulfone groups is 1. The minimum Gasteiger partial charge on any atom is -0.342 e. The van der Waals surface area contributed by atoms with E-state index in [0.29, 0.717) is 32.4 Å². The molecule has 1 heterocycles. The van der Waals surface area contributed by atoms with Crippen molar-refractivity contribution in [1.29, 1.82) is 0 Å². The fourth-order valence-corrected chi connectivity index (χ4v) is 5.38. The highest BCUT2D eigenvalue weighted by Crippen LogP contribution is 2.27. The lowest BCUT2D eigenvalue weighted by atomic mass is 9.98. The normalized spacial score (nSPS) is 21.3. The number of amides is 1. The van der Waals surface area contributed by atoms with E-state index in [1.165, 1.54) is 0 Å². The molecule has 1 fully saturated rings. The topological polar surface area (TPSA) is 54.5 Å². The number of alkyl halides is 1. The molecule has 1 unspecified atom stereocenters. The first kappa shape index (κ1) is 20.3. The first-order valence-corrected chi connectivity index (χ1v) is 11.5. The van der Waals surface area contributed by atoms with Crippen LogP contribution in [0.2, 0.25) is 0 Å². The Labute approximate surface area is 162 Å². The maximum Gasteiger partial charge on any atom is 0.226 e. The Kier molecular flexibility index (Phi) is 5.67. The van der Waals surface area contributed by atoms with Gasteiger partial charge in [0.1, 0.15) is 6.17 Å². The van der Waals surface area contributed by atoms with E-state index in [-0.39, 0.29) is 17.6 Å². The summed E-state index contributed by atoms with van der Waals surface area (Å²) in [5, 5.41) is 0. The van der Waals surface area contributed by atoms with Crippen LogP contribution in [0.3, 0.4) is 0 Å². The van der Waals surface area contributed by atoms with Gasteiger partial charge < -0.3 is 4.90 Å². The fourth-order valence-electron chi connectivity index (χ4n) is 3.92. The number of halogens is 1. The average Bonchev–Trinajstić information content (AvgIpc) is 2.93. The summed E-state index contributed by atoms with van der Waals surface area (Å²) in [6.07, 6.45) is 1.92. The minimum atomic E-state index is -3.13. The molecule has 1 saturated heterocycles. The molecule has 4 nitrogen and oxygen atoms in total. The predicted octanol–water partition coefficient (Wildman–Crippen LogP) is 3.12. The third kappa shape index (κ3) is 4.71. The van der Waals surface area contributed by atoms with Crippen molar-refractivity contribution in [2.75, 3.05) is 18.8 Å². The second-order valence-corrected chi connectivity index (χ2v) is 11.8. The van der Waals surface area contributed by atoms with Gasteiger partial charge >= 0.3 is 0 Å². The van der Waals surface area contributed by atoms with Crippen molar-refractivity contribution in [3.05, 3.63) is 34.9 Å². The molecule has 1 aromatic rings. The summed E-state index contributed by atoms with van der Waals surface area (Å²) >= 11 is 0. The van der Waals surface area contributed by atoms with Gasteiger partial charge in [-0.05, 0) is 56.2 Å². The Hall–Kier alpha value is -1.43. The molecule has 6 heteroatoms. The highest BCUT2D eigenvalue weighted by molar-refractivity contribution is 7.92. The zero-order chi connectivity index (χ0) is 19.8. The smallest absolute Gasteiger partial charge is 0.226 e. The highest BCUT2D eigenvalue weighted by Gasteiger charge is 2.33. The molecule has 0 bridgehead atoms. The van der Waals surface area contributed by atoms with E-state index in [4.69, 9.17) is 0 Å². The molecule has 1 aliphatic carbocycles. The molecule has 0 saturated carbocycles. The first-order chi connectivity index (χ1) is 12.5. The van der Waals surface area contributed by atoms with Gasteiger partial charge in [-0.1, -0.05) is 18.2 Å². The van der Waals surface area contributed by atoms with E-state index < -0.39 is 20.8 Å². The lowest BCUT2D eigenvalue weighted by Gasteiger charge is -2.33. The number of rotatable bonds is 4. The Morgan fingerprint density at radius 2 is 1.78 bits per heavy atom. The summed E-state index contributed by atoms with van der Waals surface area (Å²) < 4.78 is 37.6. The lowest BCUT2D eigenvalue weighted by molar-refractivity contribution is -0.131. The zero-order valence-electron chi connectivity index (χ0n) is 16.5. The van der Waals surface area contributed by atoms with Crippen molar-refractivity contribution in [1.82, 2.24) is 4.90 Å². The van der Waals surface area contributed by atoms with Crippen LogP contribution in [0.5, 0.6) is 0 Å². The SMILES string of the molecule is CC(C)(C)S(=O)(=O)CC1CCN(C(=O)Cc2ccc3c(c2)CC(F)C3)CC1. The van der Waals surface area contributed by atoms with Crippen LogP contribution in [-0.4, -0.2) is 49.0 Å². The van der Waals surface area contributed by atoms with E-state index >= 15 is 0 Å². The number of fused-ring (bicyclic) bond motifs is 1. The van der Waals surface area contributed by atoms with Crippen molar-refractivity contribution >= 4 is 15.7 Å². The number of piperidine rings is 1. The molecule has 0 radical (unpaired) electrons. The van der Waals surface area contributed by atoms with Crippen LogP contribution in [-0.2, 0) is 33.9 Å². The molecule has 1 atom stereocenters. The minimum absolute atomic E-state index is 0.0712. The van der Waals surface area contributed by atoms with E-state index in [0.717, 1.165) is 29.5 Å². The van der Waals surface area contributed by atoms with Gasteiger partial charge in [-0.3, -0.25) is 4.79 Å². The van der Waals surface area contributed by atoms with Crippen molar-refractivity contribution in [3.8, 4) is 0 Å². The number of likely N-dealkylation sites (tertiary alicyclic amines) is 1. The average molecular weight is 396 g/mol. The molecule has 3 rings (SSSR count). The summed E-state index contributed by atoms with van der Waals surface area (Å²) in [6.45, 7) is 6.44. The summed E-state index contributed by atoms with van der Waals surface area (Å²) in [5.41, 5.74) is 3.02. The molecular formula is C21H30FNO3S. The summed E-state index contributed by atoms with van der Waals surface area (Å²) in [6, 6.07) is 5.84. The van der Waals surface area contributed by atoms with Gasteiger partial charge in [0.15, 0.2) is 9.84 Å². The van der Waals surface area contributed by atoms with Gasteiger partial charge in [-0.2, -0.15) is 0 Å². The van der Waals surface area contributed by atoms with Gasteiger partial charge in [-0.25, -0.2) is 12.8 Å². The van der Waals surface area contributed by atoms with Gasteiger partial charge in [0.2, 0.25) is 5.91 Å². The Balaban J connectivity index is 1.53.